The molecule has 0 radical (unpaired) electrons. The highest BCUT2D eigenvalue weighted by Crippen LogP contribution is 2.26. The average Bonchev–Trinajstić information content (AvgIpc) is 3.55. The van der Waals surface area contributed by atoms with Crippen LogP contribution in [0.4, 0.5) is 5.69 Å². The SMILES string of the molecule is O=C(O)c1coc(-c2ccnc(OCCCCCC(=O)c3nn(C4CCOCC4)cc3[N+](=O)[O-])c2)n1. The molecule has 4 heterocycles. The minimum absolute atomic E-state index is 0.00829. The van der Waals surface area contributed by atoms with E-state index in [1.807, 2.05) is 0 Å². The molecule has 13 heteroatoms. The molecule has 0 amide bonds. The van der Waals surface area contributed by atoms with Gasteiger partial charge in [-0.1, -0.05) is 0 Å². The summed E-state index contributed by atoms with van der Waals surface area (Å²) in [5, 5.41) is 24.6. The largest absolute Gasteiger partial charge is 0.478 e. The smallest absolute Gasteiger partial charge is 0.357 e. The van der Waals surface area contributed by atoms with Crippen LogP contribution in [0.15, 0.2) is 35.2 Å². The van der Waals surface area contributed by atoms with Gasteiger partial charge in [-0.2, -0.15) is 5.10 Å². The molecule has 1 fully saturated rings. The monoisotopic (exact) mass is 499 g/mol. The Hall–Kier alpha value is -4.13. The van der Waals surface area contributed by atoms with E-state index in [2.05, 4.69) is 15.1 Å². The number of aromatic carboxylic acids is 1. The predicted molar refractivity (Wildman–Crippen MR) is 123 cm³/mol. The maximum absolute atomic E-state index is 12.6. The third-order valence-corrected chi connectivity index (χ3v) is 5.74. The van der Waals surface area contributed by atoms with Crippen LogP contribution in [0.2, 0.25) is 0 Å². The van der Waals surface area contributed by atoms with E-state index in [9.17, 15) is 19.7 Å². The number of aromatic nitrogens is 4. The topological polar surface area (TPSA) is 173 Å². The molecule has 0 aromatic carbocycles. The summed E-state index contributed by atoms with van der Waals surface area (Å²) < 4.78 is 17.7. The number of nitrogens with zero attached hydrogens (tertiary/aromatic N) is 5. The first kappa shape index (κ1) is 25.0. The molecule has 3 aromatic rings. The molecule has 4 rings (SSSR count). The minimum Gasteiger partial charge on any atom is -0.478 e. The lowest BCUT2D eigenvalue weighted by Crippen LogP contribution is -2.20. The molecule has 13 nitrogen and oxygen atoms in total. The van der Waals surface area contributed by atoms with Crippen molar-refractivity contribution in [2.45, 2.75) is 44.6 Å². The Morgan fingerprint density at radius 3 is 2.78 bits per heavy atom. The van der Waals surface area contributed by atoms with Gasteiger partial charge in [0.1, 0.15) is 12.5 Å². The summed E-state index contributed by atoms with van der Waals surface area (Å²) in [4.78, 5) is 42.5. The van der Waals surface area contributed by atoms with Gasteiger partial charge in [-0.3, -0.25) is 19.6 Å². The van der Waals surface area contributed by atoms with E-state index in [0.717, 1.165) is 6.26 Å². The molecule has 36 heavy (non-hydrogen) atoms. The first-order chi connectivity index (χ1) is 17.4. The second-order valence-electron chi connectivity index (χ2n) is 8.25. The van der Waals surface area contributed by atoms with E-state index in [4.69, 9.17) is 19.0 Å². The highest BCUT2D eigenvalue weighted by Gasteiger charge is 2.28. The Bertz CT molecular complexity index is 1230. The van der Waals surface area contributed by atoms with E-state index in [1.165, 1.54) is 17.1 Å². The third kappa shape index (κ3) is 6.10. The Kier molecular flexibility index (Phi) is 8.00. The van der Waals surface area contributed by atoms with Crippen LogP contribution in [0, 0.1) is 10.1 Å². The number of ether oxygens (including phenoxy) is 2. The molecule has 0 bridgehead atoms. The first-order valence-electron chi connectivity index (χ1n) is 11.5. The van der Waals surface area contributed by atoms with Crippen molar-refractivity contribution < 1.29 is 33.5 Å². The van der Waals surface area contributed by atoms with Crippen LogP contribution >= 0.6 is 0 Å². The lowest BCUT2D eigenvalue weighted by atomic mass is 10.1. The highest BCUT2D eigenvalue weighted by atomic mass is 16.6. The molecule has 0 unspecified atom stereocenters. The van der Waals surface area contributed by atoms with Crippen molar-refractivity contribution in [2.24, 2.45) is 0 Å². The molecule has 1 N–H and O–H groups in total. The van der Waals surface area contributed by atoms with Crippen LogP contribution in [-0.4, -0.2) is 61.4 Å². The Balaban J connectivity index is 1.23. The lowest BCUT2D eigenvalue weighted by Gasteiger charge is -2.21. The normalized spacial score (nSPS) is 14.0. The quantitative estimate of drug-likeness (QED) is 0.166. The number of carboxylic acids is 1. The zero-order chi connectivity index (χ0) is 25.5. The molecule has 1 aliphatic rings. The number of carbonyl (C=O) groups excluding carboxylic acids is 1. The molecule has 1 saturated heterocycles. The first-order valence-corrected chi connectivity index (χ1v) is 11.5. The fourth-order valence-corrected chi connectivity index (χ4v) is 3.84. The van der Waals surface area contributed by atoms with Crippen molar-refractivity contribution in [2.75, 3.05) is 19.8 Å². The highest BCUT2D eigenvalue weighted by molar-refractivity contribution is 5.97. The van der Waals surface area contributed by atoms with Gasteiger partial charge < -0.3 is 19.0 Å². The summed E-state index contributed by atoms with van der Waals surface area (Å²) in [5.41, 5.74) is -0.0250. The van der Waals surface area contributed by atoms with Crippen molar-refractivity contribution in [3.63, 3.8) is 0 Å². The second kappa shape index (κ2) is 11.5. The van der Waals surface area contributed by atoms with Crippen LogP contribution in [0.1, 0.15) is 65.5 Å². The molecule has 3 aromatic heterocycles. The molecular formula is C23H25N5O8. The summed E-state index contributed by atoms with van der Waals surface area (Å²) in [5.74, 6) is -1.06. The van der Waals surface area contributed by atoms with Gasteiger partial charge in [0.05, 0.1) is 17.6 Å². The van der Waals surface area contributed by atoms with E-state index >= 15 is 0 Å². The maximum Gasteiger partial charge on any atom is 0.357 e. The number of hydrogen-bond acceptors (Lipinski definition) is 10. The number of Topliss-reactive ketones (excluding diaryl/α,β-unsaturated/α-hetero) is 1. The second-order valence-corrected chi connectivity index (χ2v) is 8.25. The summed E-state index contributed by atoms with van der Waals surface area (Å²) >= 11 is 0. The van der Waals surface area contributed by atoms with E-state index in [-0.39, 0.29) is 41.2 Å². The molecule has 0 saturated carbocycles. The lowest BCUT2D eigenvalue weighted by molar-refractivity contribution is -0.385. The maximum atomic E-state index is 12.6. The number of carbonyl (C=O) groups is 2. The zero-order valence-corrected chi connectivity index (χ0v) is 19.4. The van der Waals surface area contributed by atoms with Gasteiger partial charge in [0, 0.05) is 37.5 Å². The summed E-state index contributed by atoms with van der Waals surface area (Å²) in [7, 11) is 0. The van der Waals surface area contributed by atoms with Gasteiger partial charge in [-0.15, -0.1) is 0 Å². The molecule has 190 valence electrons. The van der Waals surface area contributed by atoms with Crippen molar-refractivity contribution in [1.29, 1.82) is 0 Å². The van der Waals surface area contributed by atoms with Crippen LogP contribution in [0.5, 0.6) is 5.88 Å². The van der Waals surface area contributed by atoms with Crippen LogP contribution in [0.3, 0.4) is 0 Å². The number of unbranched alkanes of at least 4 members (excludes halogenated alkanes) is 2. The number of rotatable bonds is 12. The van der Waals surface area contributed by atoms with Gasteiger partial charge in [-0.05, 0) is 38.2 Å². The van der Waals surface area contributed by atoms with Gasteiger partial charge in [0.2, 0.25) is 17.5 Å². The molecule has 0 aliphatic carbocycles. The fourth-order valence-electron chi connectivity index (χ4n) is 3.84. The zero-order valence-electron chi connectivity index (χ0n) is 19.4. The average molecular weight is 499 g/mol. The fraction of sp³-hybridized carbons (Fsp3) is 0.435. The number of oxazole rings is 1. The molecule has 0 spiro atoms. The third-order valence-electron chi connectivity index (χ3n) is 5.74. The summed E-state index contributed by atoms with van der Waals surface area (Å²) in [6.07, 6.45) is 7.29. The Morgan fingerprint density at radius 2 is 2.06 bits per heavy atom. The predicted octanol–water partition coefficient (Wildman–Crippen LogP) is 3.71. The number of pyridine rings is 1. The van der Waals surface area contributed by atoms with Gasteiger partial charge >= 0.3 is 11.7 Å². The number of hydrogen-bond donors (Lipinski definition) is 1. The van der Waals surface area contributed by atoms with Crippen molar-refractivity contribution in [3.8, 4) is 17.3 Å². The number of ketones is 1. The minimum atomic E-state index is -1.18. The van der Waals surface area contributed by atoms with Gasteiger partial charge in [-0.25, -0.2) is 14.8 Å². The number of nitro groups is 1. The Labute approximate surface area is 205 Å². The molecule has 1 aliphatic heterocycles. The van der Waals surface area contributed by atoms with Crippen molar-refractivity contribution in [3.05, 3.63) is 52.3 Å². The van der Waals surface area contributed by atoms with Crippen molar-refractivity contribution >= 4 is 17.4 Å². The van der Waals surface area contributed by atoms with Crippen LogP contribution in [-0.2, 0) is 4.74 Å². The summed E-state index contributed by atoms with van der Waals surface area (Å²) in [6, 6.07) is 3.21. The van der Waals surface area contributed by atoms with Crippen LogP contribution < -0.4 is 4.74 Å². The Morgan fingerprint density at radius 1 is 1.25 bits per heavy atom. The van der Waals surface area contributed by atoms with Gasteiger partial charge in [0.15, 0.2) is 11.5 Å². The summed E-state index contributed by atoms with van der Waals surface area (Å²) in [6.45, 7) is 1.47. The molecular weight excluding hydrogens is 474 g/mol. The van der Waals surface area contributed by atoms with E-state index in [1.54, 1.807) is 12.1 Å². The van der Waals surface area contributed by atoms with E-state index in [0.29, 0.717) is 63.4 Å². The molecule has 0 atom stereocenters. The standard InChI is InChI=1S/C23H25N5O8/c29-19(21-18(28(32)33)13-27(26-21)16-6-10-34-11-7-16)4-2-1-3-9-35-20-12-15(5-8-24-20)22-25-17(14-36-22)23(30)31/h5,8,12-14,16H,1-4,6-7,9-11H2,(H,30,31). The van der Waals surface area contributed by atoms with Crippen LogP contribution in [0.25, 0.3) is 11.5 Å². The van der Waals surface area contributed by atoms with E-state index < -0.39 is 10.9 Å². The van der Waals surface area contributed by atoms with Crippen molar-refractivity contribution in [1.82, 2.24) is 19.7 Å². The number of carboxylic acid groups (broad SMARTS) is 1. The van der Waals surface area contributed by atoms with Gasteiger partial charge in [0.25, 0.3) is 0 Å².